The number of rotatable bonds is 9. The molecule has 0 aromatic heterocycles. The van der Waals surface area contributed by atoms with Gasteiger partial charge >= 0.3 is 6.18 Å². The number of nitrogens with zero attached hydrogens (tertiary/aromatic N) is 2. The van der Waals surface area contributed by atoms with Crippen LogP contribution in [0.25, 0.3) is 0 Å². The Morgan fingerprint density at radius 2 is 1.81 bits per heavy atom. The van der Waals surface area contributed by atoms with E-state index in [0.717, 1.165) is 32.1 Å². The van der Waals surface area contributed by atoms with Gasteiger partial charge in [0.15, 0.2) is 12.9 Å². The molecule has 0 bridgehead atoms. The standard InChI is InChI=1S/C23H26F3N3O3/c24-23(25,26)19-6-3-7-20(15-19)29-13-11-28(12-14-29)10-4-9-27-22(31)17-32-21-8-2-1-5-18(21)16-30/h1-3,5-8,15-16H,4,9-14,17H2,(H,27,31). The fourth-order valence-electron chi connectivity index (χ4n) is 3.54. The highest BCUT2D eigenvalue weighted by Crippen LogP contribution is 2.31. The predicted molar refractivity (Wildman–Crippen MR) is 115 cm³/mol. The number of amides is 1. The summed E-state index contributed by atoms with van der Waals surface area (Å²) < 4.78 is 44.1. The summed E-state index contributed by atoms with van der Waals surface area (Å²) in [7, 11) is 0. The molecule has 2 aromatic carbocycles. The van der Waals surface area contributed by atoms with E-state index in [9.17, 15) is 22.8 Å². The van der Waals surface area contributed by atoms with Crippen LogP contribution in [0.2, 0.25) is 0 Å². The normalized spacial score (nSPS) is 14.8. The van der Waals surface area contributed by atoms with Crippen LogP contribution in [-0.4, -0.2) is 63.0 Å². The lowest BCUT2D eigenvalue weighted by Gasteiger charge is -2.36. The number of piperazine rings is 1. The first-order valence-corrected chi connectivity index (χ1v) is 10.4. The Labute approximate surface area is 184 Å². The van der Waals surface area contributed by atoms with Crippen LogP contribution in [0.4, 0.5) is 18.9 Å². The summed E-state index contributed by atoms with van der Waals surface area (Å²) in [5, 5.41) is 2.79. The number of aldehydes is 1. The van der Waals surface area contributed by atoms with E-state index < -0.39 is 11.7 Å². The van der Waals surface area contributed by atoms with Crippen molar-refractivity contribution in [1.82, 2.24) is 10.2 Å². The van der Waals surface area contributed by atoms with Gasteiger partial charge in [0.25, 0.3) is 5.91 Å². The average molecular weight is 449 g/mol. The third-order valence-electron chi connectivity index (χ3n) is 5.29. The number of hydrogen-bond donors (Lipinski definition) is 1. The molecule has 0 aliphatic carbocycles. The van der Waals surface area contributed by atoms with Crippen molar-refractivity contribution in [3.05, 3.63) is 59.7 Å². The molecule has 0 saturated carbocycles. The molecule has 6 nitrogen and oxygen atoms in total. The summed E-state index contributed by atoms with van der Waals surface area (Å²) in [6.45, 7) is 3.90. The van der Waals surface area contributed by atoms with E-state index in [4.69, 9.17) is 4.74 Å². The maximum Gasteiger partial charge on any atom is 0.416 e. The zero-order valence-corrected chi connectivity index (χ0v) is 17.6. The van der Waals surface area contributed by atoms with Crippen molar-refractivity contribution in [3.8, 4) is 5.75 Å². The smallest absolute Gasteiger partial charge is 0.416 e. The molecule has 0 unspecified atom stereocenters. The van der Waals surface area contributed by atoms with E-state index in [1.807, 2.05) is 4.90 Å². The van der Waals surface area contributed by atoms with Crippen molar-refractivity contribution in [1.29, 1.82) is 0 Å². The van der Waals surface area contributed by atoms with E-state index in [2.05, 4.69) is 10.2 Å². The van der Waals surface area contributed by atoms with Crippen LogP contribution in [0.5, 0.6) is 5.75 Å². The van der Waals surface area contributed by atoms with Crippen molar-refractivity contribution in [3.63, 3.8) is 0 Å². The molecule has 9 heteroatoms. The molecule has 1 N–H and O–H groups in total. The summed E-state index contributed by atoms with van der Waals surface area (Å²) in [5.74, 6) is 0.108. The first-order chi connectivity index (χ1) is 15.4. The summed E-state index contributed by atoms with van der Waals surface area (Å²) in [6.07, 6.45) is -2.91. The molecule has 2 aromatic rings. The lowest BCUT2D eigenvalue weighted by Crippen LogP contribution is -2.47. The fraction of sp³-hybridized carbons (Fsp3) is 0.391. The van der Waals surface area contributed by atoms with Crippen molar-refractivity contribution in [2.75, 3.05) is 50.8 Å². The van der Waals surface area contributed by atoms with Gasteiger partial charge in [-0.15, -0.1) is 0 Å². The van der Waals surface area contributed by atoms with E-state index in [0.29, 0.717) is 42.9 Å². The highest BCUT2D eigenvalue weighted by atomic mass is 19.4. The summed E-state index contributed by atoms with van der Waals surface area (Å²) in [5.41, 5.74) is 0.347. The van der Waals surface area contributed by atoms with Gasteiger partial charge in [-0.05, 0) is 43.3 Å². The summed E-state index contributed by atoms with van der Waals surface area (Å²) in [6, 6.07) is 12.1. The second-order valence-electron chi connectivity index (χ2n) is 7.52. The number of carbonyl (C=O) groups is 2. The van der Waals surface area contributed by atoms with Gasteiger partial charge in [0.1, 0.15) is 5.75 Å². The fourth-order valence-corrected chi connectivity index (χ4v) is 3.54. The average Bonchev–Trinajstić information content (AvgIpc) is 2.80. The molecule has 1 heterocycles. The van der Waals surface area contributed by atoms with E-state index in [1.54, 1.807) is 30.3 Å². The number of benzene rings is 2. The SMILES string of the molecule is O=Cc1ccccc1OCC(=O)NCCCN1CCN(c2cccc(C(F)(F)F)c2)CC1. The molecular formula is C23H26F3N3O3. The Bertz CT molecular complexity index is 913. The van der Waals surface area contributed by atoms with Crippen molar-refractivity contribution < 1.29 is 27.5 Å². The lowest BCUT2D eigenvalue weighted by molar-refractivity contribution is -0.137. The summed E-state index contributed by atoms with van der Waals surface area (Å²) in [4.78, 5) is 27.1. The van der Waals surface area contributed by atoms with Crippen LogP contribution >= 0.6 is 0 Å². The number of anilines is 1. The highest BCUT2D eigenvalue weighted by molar-refractivity contribution is 5.80. The van der Waals surface area contributed by atoms with Crippen molar-refractivity contribution in [2.45, 2.75) is 12.6 Å². The molecule has 32 heavy (non-hydrogen) atoms. The van der Waals surface area contributed by atoms with Gasteiger partial charge in [0.2, 0.25) is 0 Å². The second-order valence-corrected chi connectivity index (χ2v) is 7.52. The molecule has 1 aliphatic rings. The molecule has 1 fully saturated rings. The largest absolute Gasteiger partial charge is 0.483 e. The molecule has 0 atom stereocenters. The Balaban J connectivity index is 1.33. The monoisotopic (exact) mass is 449 g/mol. The van der Waals surface area contributed by atoms with Gasteiger partial charge in [0, 0.05) is 38.4 Å². The van der Waals surface area contributed by atoms with Gasteiger partial charge in [-0.1, -0.05) is 18.2 Å². The highest BCUT2D eigenvalue weighted by Gasteiger charge is 2.31. The second kappa shape index (κ2) is 11.0. The molecule has 0 radical (unpaired) electrons. The molecule has 3 rings (SSSR count). The zero-order chi connectivity index (χ0) is 23.0. The Hall–Kier alpha value is -3.07. The minimum atomic E-state index is -4.34. The molecule has 1 amide bonds. The van der Waals surface area contributed by atoms with Gasteiger partial charge in [0.05, 0.1) is 11.1 Å². The Morgan fingerprint density at radius 3 is 2.53 bits per heavy atom. The molecule has 172 valence electrons. The number of halogens is 3. The number of alkyl halides is 3. The minimum absolute atomic E-state index is 0.166. The lowest BCUT2D eigenvalue weighted by atomic mass is 10.1. The quantitative estimate of drug-likeness (QED) is 0.471. The number of nitrogens with one attached hydrogen (secondary N) is 1. The third kappa shape index (κ3) is 6.71. The number of para-hydroxylation sites is 1. The number of hydrogen-bond acceptors (Lipinski definition) is 5. The molecule has 0 spiro atoms. The topological polar surface area (TPSA) is 61.9 Å². The first kappa shape index (κ1) is 23.6. The zero-order valence-electron chi connectivity index (χ0n) is 17.6. The van der Waals surface area contributed by atoms with Crippen LogP contribution in [0.3, 0.4) is 0 Å². The Kier molecular flexibility index (Phi) is 8.10. The van der Waals surface area contributed by atoms with Crippen molar-refractivity contribution in [2.24, 2.45) is 0 Å². The van der Waals surface area contributed by atoms with Crippen LogP contribution in [0, 0.1) is 0 Å². The van der Waals surface area contributed by atoms with E-state index >= 15 is 0 Å². The van der Waals surface area contributed by atoms with E-state index in [1.165, 1.54) is 12.1 Å². The predicted octanol–water partition coefficient (Wildman–Crippen LogP) is 3.23. The van der Waals surface area contributed by atoms with Gasteiger partial charge in [-0.2, -0.15) is 13.2 Å². The Morgan fingerprint density at radius 1 is 1.06 bits per heavy atom. The van der Waals surface area contributed by atoms with Crippen LogP contribution < -0.4 is 15.0 Å². The van der Waals surface area contributed by atoms with Crippen LogP contribution in [0.1, 0.15) is 22.3 Å². The maximum absolute atomic E-state index is 12.9. The van der Waals surface area contributed by atoms with Gasteiger partial charge in [-0.3, -0.25) is 14.5 Å². The van der Waals surface area contributed by atoms with Crippen LogP contribution in [0.15, 0.2) is 48.5 Å². The minimum Gasteiger partial charge on any atom is -0.483 e. The maximum atomic E-state index is 12.9. The third-order valence-corrected chi connectivity index (χ3v) is 5.29. The first-order valence-electron chi connectivity index (χ1n) is 10.4. The molecular weight excluding hydrogens is 423 g/mol. The van der Waals surface area contributed by atoms with Gasteiger partial charge < -0.3 is 15.0 Å². The van der Waals surface area contributed by atoms with Crippen molar-refractivity contribution >= 4 is 17.9 Å². The number of ether oxygens (including phenoxy) is 1. The number of carbonyl (C=O) groups excluding carboxylic acids is 2. The molecule has 1 aliphatic heterocycles. The summed E-state index contributed by atoms with van der Waals surface area (Å²) >= 11 is 0. The molecule has 1 saturated heterocycles. The van der Waals surface area contributed by atoms with Crippen LogP contribution in [-0.2, 0) is 11.0 Å². The van der Waals surface area contributed by atoms with E-state index in [-0.39, 0.29) is 12.5 Å². The van der Waals surface area contributed by atoms with Gasteiger partial charge in [-0.25, -0.2) is 0 Å².